The molecular formula is C13H13Cl2NO3. The fourth-order valence-electron chi connectivity index (χ4n) is 3.43. The smallest absolute Gasteiger partial charge is 0.407 e. The van der Waals surface area contributed by atoms with Crippen molar-refractivity contribution in [2.24, 2.45) is 11.8 Å². The molecule has 2 fully saturated rings. The third kappa shape index (κ3) is 1.74. The van der Waals surface area contributed by atoms with Gasteiger partial charge in [-0.3, -0.25) is 0 Å². The first-order valence-electron chi connectivity index (χ1n) is 6.05. The van der Waals surface area contributed by atoms with Gasteiger partial charge in [0.1, 0.15) is 0 Å². The number of halogens is 2. The topological polar surface area (TPSA) is 60.8 Å². The molecule has 0 spiro atoms. The summed E-state index contributed by atoms with van der Waals surface area (Å²) in [5.41, 5.74) is 0.602. The predicted molar refractivity (Wildman–Crippen MR) is 71.8 cm³/mol. The maximum absolute atomic E-state index is 10.9. The third-order valence-electron chi connectivity index (χ3n) is 4.52. The minimum Gasteiger partial charge on any atom is -0.465 e. The zero-order chi connectivity index (χ0) is 13.8. The van der Waals surface area contributed by atoms with Crippen molar-refractivity contribution in [1.29, 1.82) is 0 Å². The molecule has 0 radical (unpaired) electrons. The van der Waals surface area contributed by atoms with Crippen molar-refractivity contribution in [2.75, 3.05) is 19.7 Å². The molecule has 1 saturated heterocycles. The lowest BCUT2D eigenvalue weighted by molar-refractivity contribution is 0.139. The van der Waals surface area contributed by atoms with Crippen LogP contribution in [-0.2, 0) is 5.41 Å². The Bertz CT molecular complexity index is 537. The van der Waals surface area contributed by atoms with Crippen LogP contribution in [-0.4, -0.2) is 40.9 Å². The molecule has 2 N–H and O–H groups in total. The number of benzene rings is 1. The highest BCUT2D eigenvalue weighted by Crippen LogP contribution is 2.63. The van der Waals surface area contributed by atoms with Gasteiger partial charge in [0.15, 0.2) is 0 Å². The molecule has 4 nitrogen and oxygen atoms in total. The summed E-state index contributed by atoms with van der Waals surface area (Å²) in [4.78, 5) is 12.3. The number of likely N-dealkylation sites (tertiary alicyclic amines) is 1. The van der Waals surface area contributed by atoms with Crippen LogP contribution < -0.4 is 0 Å². The van der Waals surface area contributed by atoms with Gasteiger partial charge in [0.05, 0.1) is 16.7 Å². The minimum atomic E-state index is -0.895. The van der Waals surface area contributed by atoms with Crippen LogP contribution in [0.15, 0.2) is 18.2 Å². The van der Waals surface area contributed by atoms with Crippen LogP contribution in [0.3, 0.4) is 0 Å². The second-order valence-electron chi connectivity index (χ2n) is 5.23. The molecule has 1 saturated carbocycles. The molecule has 102 valence electrons. The summed E-state index contributed by atoms with van der Waals surface area (Å²) in [7, 11) is 0. The van der Waals surface area contributed by atoms with Gasteiger partial charge in [0, 0.05) is 18.5 Å². The van der Waals surface area contributed by atoms with E-state index in [2.05, 4.69) is 0 Å². The highest BCUT2D eigenvalue weighted by atomic mass is 35.5. The number of hydrogen-bond donors (Lipinski definition) is 2. The molecule has 2 aliphatic rings. The molecule has 1 unspecified atom stereocenters. The van der Waals surface area contributed by atoms with E-state index in [4.69, 9.17) is 28.3 Å². The zero-order valence-electron chi connectivity index (χ0n) is 10.0. The average Bonchev–Trinajstić information content (AvgIpc) is 2.77. The highest BCUT2D eigenvalue weighted by Gasteiger charge is 2.69. The molecule has 1 aromatic rings. The summed E-state index contributed by atoms with van der Waals surface area (Å²) in [6.45, 7) is 0.954. The molecule has 19 heavy (non-hydrogen) atoms. The van der Waals surface area contributed by atoms with E-state index < -0.39 is 6.09 Å². The van der Waals surface area contributed by atoms with Crippen molar-refractivity contribution < 1.29 is 15.0 Å². The fraction of sp³-hybridized carbons (Fsp3) is 0.462. The normalized spacial score (nSPS) is 32.3. The van der Waals surface area contributed by atoms with Gasteiger partial charge < -0.3 is 15.1 Å². The number of amides is 1. The van der Waals surface area contributed by atoms with Gasteiger partial charge in [-0.2, -0.15) is 0 Å². The number of carbonyl (C=O) groups is 1. The van der Waals surface area contributed by atoms with Crippen molar-refractivity contribution in [2.45, 2.75) is 5.41 Å². The van der Waals surface area contributed by atoms with Gasteiger partial charge >= 0.3 is 6.09 Å². The lowest BCUT2D eigenvalue weighted by Crippen LogP contribution is -2.35. The monoisotopic (exact) mass is 301 g/mol. The van der Waals surface area contributed by atoms with Gasteiger partial charge in [0.2, 0.25) is 0 Å². The Morgan fingerprint density at radius 3 is 2.42 bits per heavy atom. The maximum Gasteiger partial charge on any atom is 0.407 e. The molecule has 3 rings (SSSR count). The lowest BCUT2D eigenvalue weighted by atomic mass is 9.91. The predicted octanol–water partition coefficient (Wildman–Crippen LogP) is 2.46. The zero-order valence-corrected chi connectivity index (χ0v) is 11.5. The Kier molecular flexibility index (Phi) is 2.93. The molecule has 0 aromatic heterocycles. The molecule has 1 heterocycles. The Morgan fingerprint density at radius 2 is 1.95 bits per heavy atom. The Balaban J connectivity index is 1.88. The summed E-state index contributed by atoms with van der Waals surface area (Å²) < 4.78 is 0. The van der Waals surface area contributed by atoms with Crippen LogP contribution >= 0.6 is 23.2 Å². The summed E-state index contributed by atoms with van der Waals surface area (Å²) in [5.74, 6) is 0.344. The molecule has 1 aliphatic carbocycles. The summed E-state index contributed by atoms with van der Waals surface area (Å²) in [6.07, 6.45) is -0.895. The van der Waals surface area contributed by atoms with E-state index in [1.54, 1.807) is 12.1 Å². The number of carboxylic acid groups (broad SMARTS) is 1. The second kappa shape index (κ2) is 4.27. The first kappa shape index (κ1) is 13.0. The number of aliphatic hydroxyl groups is 1. The highest BCUT2D eigenvalue weighted by molar-refractivity contribution is 6.42. The van der Waals surface area contributed by atoms with Crippen molar-refractivity contribution in [3.8, 4) is 0 Å². The SMILES string of the molecule is O=C(O)N1C[C@@H]2[C@H](C1)C2(CO)c1ccc(Cl)c(Cl)c1. The van der Waals surface area contributed by atoms with Crippen LogP contribution in [0.1, 0.15) is 5.56 Å². The van der Waals surface area contributed by atoms with Gasteiger partial charge in [0.25, 0.3) is 0 Å². The quantitative estimate of drug-likeness (QED) is 0.882. The molecule has 0 bridgehead atoms. The number of hydrogen-bond acceptors (Lipinski definition) is 2. The molecule has 1 amide bonds. The molecule has 1 aromatic carbocycles. The van der Waals surface area contributed by atoms with Crippen LogP contribution in [0.2, 0.25) is 10.0 Å². The first-order chi connectivity index (χ1) is 9.00. The standard InChI is InChI=1S/C13H13Cl2NO3/c14-10-2-1-7(3-11(10)15)13(6-17)8-4-16(12(18)19)5-9(8)13/h1-3,8-9,17H,4-6H2,(H,18,19)/t8-,9+,13?. The number of nitrogens with zero attached hydrogens (tertiary/aromatic N) is 1. The largest absolute Gasteiger partial charge is 0.465 e. The molecular weight excluding hydrogens is 289 g/mol. The van der Waals surface area contributed by atoms with Crippen LogP contribution in [0.5, 0.6) is 0 Å². The fourth-order valence-corrected chi connectivity index (χ4v) is 3.73. The van der Waals surface area contributed by atoms with Gasteiger partial charge in [-0.25, -0.2) is 4.79 Å². The van der Waals surface area contributed by atoms with Crippen LogP contribution in [0, 0.1) is 11.8 Å². The van der Waals surface area contributed by atoms with Crippen molar-refractivity contribution in [3.63, 3.8) is 0 Å². The lowest BCUT2D eigenvalue weighted by Gasteiger charge is -2.24. The number of piperidine rings is 1. The van der Waals surface area contributed by atoms with Crippen LogP contribution in [0.25, 0.3) is 0 Å². The van der Waals surface area contributed by atoms with Crippen molar-refractivity contribution in [1.82, 2.24) is 4.90 Å². The van der Waals surface area contributed by atoms with E-state index in [1.807, 2.05) is 6.07 Å². The Labute approximate surface area is 120 Å². The summed E-state index contributed by atoms with van der Waals surface area (Å²) >= 11 is 11.9. The van der Waals surface area contributed by atoms with E-state index in [0.29, 0.717) is 23.1 Å². The minimum absolute atomic E-state index is 0.00769. The number of fused-ring (bicyclic) bond motifs is 1. The van der Waals surface area contributed by atoms with Gasteiger partial charge in [-0.1, -0.05) is 29.3 Å². The van der Waals surface area contributed by atoms with E-state index >= 15 is 0 Å². The third-order valence-corrected chi connectivity index (χ3v) is 5.26. The van der Waals surface area contributed by atoms with E-state index in [0.717, 1.165) is 5.56 Å². The number of aliphatic hydroxyl groups excluding tert-OH is 1. The summed E-state index contributed by atoms with van der Waals surface area (Å²) in [6, 6.07) is 5.37. The molecule has 1 aliphatic heterocycles. The summed E-state index contributed by atoms with van der Waals surface area (Å²) in [5, 5.41) is 19.7. The van der Waals surface area contributed by atoms with E-state index in [9.17, 15) is 9.90 Å². The van der Waals surface area contributed by atoms with Crippen molar-refractivity contribution in [3.05, 3.63) is 33.8 Å². The van der Waals surface area contributed by atoms with Crippen molar-refractivity contribution >= 4 is 29.3 Å². The Hall–Kier alpha value is -0.970. The maximum atomic E-state index is 10.9. The van der Waals surface area contributed by atoms with Gasteiger partial charge in [-0.15, -0.1) is 0 Å². The second-order valence-corrected chi connectivity index (χ2v) is 6.04. The molecule has 3 atom stereocenters. The van der Waals surface area contributed by atoms with Crippen LogP contribution in [0.4, 0.5) is 4.79 Å². The number of rotatable bonds is 2. The van der Waals surface area contributed by atoms with Gasteiger partial charge in [-0.05, 0) is 29.5 Å². The first-order valence-corrected chi connectivity index (χ1v) is 6.80. The van der Waals surface area contributed by atoms with E-state index in [1.165, 1.54) is 4.90 Å². The molecule has 6 heteroatoms. The Morgan fingerprint density at radius 1 is 1.32 bits per heavy atom. The van der Waals surface area contributed by atoms with E-state index in [-0.39, 0.29) is 23.9 Å². The average molecular weight is 302 g/mol.